The second kappa shape index (κ2) is 6.73. The van der Waals surface area contributed by atoms with Crippen molar-refractivity contribution in [1.82, 2.24) is 0 Å². The summed E-state index contributed by atoms with van der Waals surface area (Å²) in [6, 6.07) is 6.62. The van der Waals surface area contributed by atoms with Crippen molar-refractivity contribution in [3.8, 4) is 0 Å². The highest BCUT2D eigenvalue weighted by atomic mass is 79.9. The number of nitrogens with two attached hydrogens (primary N) is 1. The van der Waals surface area contributed by atoms with Gasteiger partial charge in [0.05, 0.1) is 12.6 Å². The molecule has 0 amide bonds. The van der Waals surface area contributed by atoms with Gasteiger partial charge in [-0.15, -0.1) is 0 Å². The normalized spacial score (nSPS) is 22.1. The Hall–Kier alpha value is -0.580. The van der Waals surface area contributed by atoms with Gasteiger partial charge in [0.1, 0.15) is 0 Å². The molecule has 1 heterocycles. The lowest BCUT2D eigenvalue weighted by atomic mass is 10.1. The largest absolute Gasteiger partial charge is 0.394 e. The zero-order valence-electron chi connectivity index (χ0n) is 11.5. The number of hydrogen-bond acceptors (Lipinski definition) is 3. The van der Waals surface area contributed by atoms with Gasteiger partial charge in [0.25, 0.3) is 0 Å². The second-order valence-corrected chi connectivity index (χ2v) is 6.23. The molecule has 106 valence electrons. The summed E-state index contributed by atoms with van der Waals surface area (Å²) in [5.74, 6) is 0. The first kappa shape index (κ1) is 14.8. The first-order valence-corrected chi connectivity index (χ1v) is 7.85. The molecule has 0 bridgehead atoms. The lowest BCUT2D eigenvalue weighted by Crippen LogP contribution is -2.37. The molecule has 0 saturated carbocycles. The summed E-state index contributed by atoms with van der Waals surface area (Å²) in [6.45, 7) is 3.24. The highest BCUT2D eigenvalue weighted by Crippen LogP contribution is 2.30. The molecule has 0 spiro atoms. The highest BCUT2D eigenvalue weighted by Gasteiger charge is 2.21. The van der Waals surface area contributed by atoms with Crippen LogP contribution in [0.3, 0.4) is 0 Å². The zero-order valence-corrected chi connectivity index (χ0v) is 13.1. The molecule has 1 aliphatic heterocycles. The molecule has 3 nitrogen and oxygen atoms in total. The third-order valence-corrected chi connectivity index (χ3v) is 4.58. The van der Waals surface area contributed by atoms with Crippen LogP contribution in [0.1, 0.15) is 44.2 Å². The average Bonchev–Trinajstić information content (AvgIpc) is 2.63. The molecule has 19 heavy (non-hydrogen) atoms. The summed E-state index contributed by atoms with van der Waals surface area (Å²) in [6.07, 6.45) is 4.74. The van der Waals surface area contributed by atoms with Crippen molar-refractivity contribution in [3.63, 3.8) is 0 Å². The minimum Gasteiger partial charge on any atom is -0.394 e. The predicted molar refractivity (Wildman–Crippen MR) is 83.4 cm³/mol. The number of aliphatic hydroxyl groups is 1. The van der Waals surface area contributed by atoms with Gasteiger partial charge in [-0.3, -0.25) is 0 Å². The number of halogens is 1. The van der Waals surface area contributed by atoms with Gasteiger partial charge in [0.15, 0.2) is 0 Å². The molecular weight excluding hydrogens is 304 g/mol. The van der Waals surface area contributed by atoms with Gasteiger partial charge in [-0.2, -0.15) is 0 Å². The Labute approximate surface area is 123 Å². The number of anilines is 1. The van der Waals surface area contributed by atoms with Crippen LogP contribution < -0.4 is 10.6 Å². The molecule has 3 N–H and O–H groups in total. The quantitative estimate of drug-likeness (QED) is 0.896. The van der Waals surface area contributed by atoms with E-state index in [2.05, 4.69) is 39.0 Å². The number of benzene rings is 1. The van der Waals surface area contributed by atoms with Crippen molar-refractivity contribution in [2.24, 2.45) is 5.73 Å². The van der Waals surface area contributed by atoms with Crippen LogP contribution in [0.4, 0.5) is 5.69 Å². The predicted octanol–water partition coefficient (Wildman–Crippen LogP) is 3.21. The molecule has 0 aromatic heterocycles. The topological polar surface area (TPSA) is 49.5 Å². The fourth-order valence-corrected chi connectivity index (χ4v) is 3.50. The molecule has 2 atom stereocenters. The van der Waals surface area contributed by atoms with Crippen LogP contribution in [0.2, 0.25) is 0 Å². The molecule has 4 heteroatoms. The maximum Gasteiger partial charge on any atom is 0.0635 e. The summed E-state index contributed by atoms with van der Waals surface area (Å²) in [5, 5.41) is 9.59. The summed E-state index contributed by atoms with van der Waals surface area (Å²) < 4.78 is 1.06. The molecule has 1 saturated heterocycles. The Morgan fingerprint density at radius 1 is 1.42 bits per heavy atom. The first-order chi connectivity index (χ1) is 9.13. The van der Waals surface area contributed by atoms with Crippen molar-refractivity contribution >= 4 is 21.6 Å². The third kappa shape index (κ3) is 3.50. The average molecular weight is 327 g/mol. The molecular formula is C15H23BrN2O. The SMILES string of the molecule is C[C@@H](N)c1ccc(N2CCCCCC2CO)cc1Br. The fourth-order valence-electron chi connectivity index (χ4n) is 2.77. The van der Waals surface area contributed by atoms with Crippen LogP contribution in [0, 0.1) is 0 Å². The second-order valence-electron chi connectivity index (χ2n) is 5.37. The smallest absolute Gasteiger partial charge is 0.0635 e. The van der Waals surface area contributed by atoms with E-state index in [0.717, 1.165) is 23.0 Å². The third-order valence-electron chi connectivity index (χ3n) is 3.89. The molecule has 1 aromatic carbocycles. The Bertz CT molecular complexity index is 423. The van der Waals surface area contributed by atoms with E-state index in [1.165, 1.54) is 24.9 Å². The minimum atomic E-state index is 0.0289. The molecule has 1 unspecified atom stereocenters. The monoisotopic (exact) mass is 326 g/mol. The van der Waals surface area contributed by atoms with Gasteiger partial charge in [0, 0.05) is 22.7 Å². The van der Waals surface area contributed by atoms with Gasteiger partial charge in [-0.25, -0.2) is 0 Å². The lowest BCUT2D eigenvalue weighted by Gasteiger charge is -2.31. The van der Waals surface area contributed by atoms with E-state index in [1.807, 2.05) is 6.92 Å². The maximum absolute atomic E-state index is 9.59. The lowest BCUT2D eigenvalue weighted by molar-refractivity contribution is 0.255. The van der Waals surface area contributed by atoms with Gasteiger partial charge >= 0.3 is 0 Å². The molecule has 0 radical (unpaired) electrons. The van der Waals surface area contributed by atoms with Crippen LogP contribution >= 0.6 is 15.9 Å². The Morgan fingerprint density at radius 2 is 2.21 bits per heavy atom. The van der Waals surface area contributed by atoms with Gasteiger partial charge in [-0.1, -0.05) is 34.8 Å². The summed E-state index contributed by atoms with van der Waals surface area (Å²) in [4.78, 5) is 2.34. The first-order valence-electron chi connectivity index (χ1n) is 7.06. The summed E-state index contributed by atoms with van der Waals surface area (Å²) in [7, 11) is 0. The summed E-state index contributed by atoms with van der Waals surface area (Å²) >= 11 is 3.61. The van der Waals surface area contributed by atoms with Crippen LogP contribution in [0.25, 0.3) is 0 Å². The van der Waals surface area contributed by atoms with Crippen LogP contribution in [0.5, 0.6) is 0 Å². The Morgan fingerprint density at radius 3 is 2.84 bits per heavy atom. The van der Waals surface area contributed by atoms with E-state index in [9.17, 15) is 5.11 Å². The standard InChI is InChI=1S/C15H23BrN2O/c1-11(17)14-7-6-12(9-15(14)16)18-8-4-2-3-5-13(18)10-19/h6-7,9,11,13,19H,2-5,8,10,17H2,1H3/t11-,13?/m1/s1. The van der Waals surface area contributed by atoms with E-state index in [1.54, 1.807) is 0 Å². The zero-order chi connectivity index (χ0) is 13.8. The molecule has 0 aliphatic carbocycles. The van der Waals surface area contributed by atoms with E-state index in [4.69, 9.17) is 5.73 Å². The molecule has 1 fully saturated rings. The van der Waals surface area contributed by atoms with Crippen LogP contribution in [0.15, 0.2) is 22.7 Å². The van der Waals surface area contributed by atoms with Gasteiger partial charge in [-0.05, 0) is 37.5 Å². The van der Waals surface area contributed by atoms with E-state index >= 15 is 0 Å². The van der Waals surface area contributed by atoms with Crippen molar-refractivity contribution in [2.45, 2.75) is 44.7 Å². The Balaban J connectivity index is 2.26. The number of aliphatic hydroxyl groups excluding tert-OH is 1. The van der Waals surface area contributed by atoms with Crippen molar-refractivity contribution in [2.75, 3.05) is 18.1 Å². The van der Waals surface area contributed by atoms with Crippen molar-refractivity contribution in [3.05, 3.63) is 28.2 Å². The molecule has 1 aliphatic rings. The van der Waals surface area contributed by atoms with Gasteiger partial charge < -0.3 is 15.7 Å². The fraction of sp³-hybridized carbons (Fsp3) is 0.600. The number of nitrogens with zero attached hydrogens (tertiary/aromatic N) is 1. The molecule has 2 rings (SSSR count). The van der Waals surface area contributed by atoms with E-state index in [0.29, 0.717) is 0 Å². The molecule has 1 aromatic rings. The highest BCUT2D eigenvalue weighted by molar-refractivity contribution is 9.10. The Kier molecular flexibility index (Phi) is 5.25. The minimum absolute atomic E-state index is 0.0289. The van der Waals surface area contributed by atoms with E-state index < -0.39 is 0 Å². The summed E-state index contributed by atoms with van der Waals surface area (Å²) in [5.41, 5.74) is 8.24. The van der Waals surface area contributed by atoms with Gasteiger partial charge in [0.2, 0.25) is 0 Å². The number of hydrogen-bond donors (Lipinski definition) is 2. The van der Waals surface area contributed by atoms with Crippen LogP contribution in [-0.2, 0) is 0 Å². The number of rotatable bonds is 3. The maximum atomic E-state index is 9.59. The van der Waals surface area contributed by atoms with E-state index in [-0.39, 0.29) is 18.7 Å². The van der Waals surface area contributed by atoms with Crippen molar-refractivity contribution in [1.29, 1.82) is 0 Å². The van der Waals surface area contributed by atoms with Crippen molar-refractivity contribution < 1.29 is 5.11 Å². The van der Waals surface area contributed by atoms with Crippen LogP contribution in [-0.4, -0.2) is 24.3 Å².